The summed E-state index contributed by atoms with van der Waals surface area (Å²) < 4.78 is 14.6. The van der Waals surface area contributed by atoms with E-state index in [1.54, 1.807) is 0 Å². The predicted molar refractivity (Wildman–Crippen MR) is 278 cm³/mol. The van der Waals surface area contributed by atoms with E-state index < -0.39 is 5.41 Å². The number of anilines is 6. The van der Waals surface area contributed by atoms with Crippen LogP contribution in [0.25, 0.3) is 55.0 Å². The number of para-hydroxylation sites is 4. The van der Waals surface area contributed by atoms with Crippen molar-refractivity contribution in [1.29, 1.82) is 10.5 Å². The molecule has 6 nitrogen and oxygen atoms in total. The van der Waals surface area contributed by atoms with Crippen LogP contribution in [0, 0.1) is 28.6 Å². The molecule has 0 spiro atoms. The van der Waals surface area contributed by atoms with E-state index in [2.05, 4.69) is 174 Å². The molecule has 2 atom stereocenters. The van der Waals surface area contributed by atoms with Crippen molar-refractivity contribution in [3.63, 3.8) is 0 Å². The van der Waals surface area contributed by atoms with E-state index in [0.717, 1.165) is 112 Å². The molecule has 13 rings (SSSR count). The van der Waals surface area contributed by atoms with Gasteiger partial charge in [-0.05, 0) is 114 Å². The summed E-state index contributed by atoms with van der Waals surface area (Å²) in [7, 11) is 0. The maximum absolute atomic E-state index is 10.3. The quantitative estimate of drug-likeness (QED) is 0.151. The molecule has 6 heteroatoms. The largest absolute Gasteiger partial charge is 0.455 e. The van der Waals surface area contributed by atoms with Crippen LogP contribution in [-0.4, -0.2) is 0 Å². The van der Waals surface area contributed by atoms with Gasteiger partial charge in [0.2, 0.25) is 0 Å². The minimum absolute atomic E-state index is 0.0535. The van der Waals surface area contributed by atoms with Gasteiger partial charge in [-0.2, -0.15) is 10.5 Å². The van der Waals surface area contributed by atoms with E-state index in [4.69, 9.17) is 8.83 Å². The number of benzene rings is 9. The summed E-state index contributed by atoms with van der Waals surface area (Å²) in [6.07, 6.45) is 9.78. The van der Waals surface area contributed by atoms with E-state index in [0.29, 0.717) is 11.1 Å². The second-order valence-corrected chi connectivity index (χ2v) is 17.7. The molecule has 11 aromatic rings. The van der Waals surface area contributed by atoms with E-state index >= 15 is 0 Å². The maximum atomic E-state index is 10.3. The van der Waals surface area contributed by atoms with Crippen molar-refractivity contribution in [2.45, 2.75) is 11.8 Å². The summed E-state index contributed by atoms with van der Waals surface area (Å²) in [6, 6.07) is 73.6. The Bertz CT molecular complexity index is 3980. The van der Waals surface area contributed by atoms with Crippen LogP contribution >= 0.6 is 0 Å². The van der Waals surface area contributed by atoms with Crippen molar-refractivity contribution in [2.75, 3.05) is 9.80 Å². The van der Waals surface area contributed by atoms with Crippen molar-refractivity contribution in [3.8, 4) is 23.3 Å². The van der Waals surface area contributed by atoms with Gasteiger partial charge in [0.25, 0.3) is 0 Å². The lowest BCUT2D eigenvalue weighted by molar-refractivity contribution is 0.457. The monoisotopic (exact) mass is 884 g/mol. The van der Waals surface area contributed by atoms with Crippen molar-refractivity contribution >= 4 is 78.0 Å². The van der Waals surface area contributed by atoms with Crippen LogP contribution in [0.5, 0.6) is 0 Å². The maximum Gasteiger partial charge on any atom is 0.160 e. The van der Waals surface area contributed by atoms with Crippen LogP contribution in [0.4, 0.5) is 34.1 Å². The molecule has 0 fully saturated rings. The van der Waals surface area contributed by atoms with Gasteiger partial charge in [-0.1, -0.05) is 140 Å². The molecule has 2 aliphatic carbocycles. The average molecular weight is 885 g/mol. The van der Waals surface area contributed by atoms with E-state index in [1.807, 2.05) is 72.8 Å². The van der Waals surface area contributed by atoms with Crippen LogP contribution in [0.15, 0.2) is 233 Å². The number of fused-ring (bicyclic) bond motifs is 11. The molecule has 0 amide bonds. The number of furan rings is 2. The Balaban J connectivity index is 1.26. The summed E-state index contributed by atoms with van der Waals surface area (Å²) in [4.78, 5) is 4.52. The first-order valence-electron chi connectivity index (χ1n) is 23.2. The number of nitrogens with zero attached hydrogens (tertiary/aromatic N) is 4. The molecule has 2 heterocycles. The Morgan fingerprint density at radius 1 is 0.464 bits per heavy atom. The normalized spacial score (nSPS) is 15.8. The zero-order valence-corrected chi connectivity index (χ0v) is 37.3. The van der Waals surface area contributed by atoms with Crippen molar-refractivity contribution in [1.82, 2.24) is 0 Å². The molecule has 9 aromatic carbocycles. The Kier molecular flexibility index (Phi) is 9.22. The minimum atomic E-state index is -0.801. The van der Waals surface area contributed by atoms with Gasteiger partial charge in [0, 0.05) is 50.0 Å². The van der Waals surface area contributed by atoms with E-state index in [-0.39, 0.29) is 5.92 Å². The molecule has 324 valence electrons. The standard InChI is InChI=1S/C63H40N4O2/c64-39-41-19-17-29-47(35-41)66(45-25-9-3-10-26-45)53-37-52-60(62-57(53)49-31-13-15-33-55(49)69-62)59-51(63(52,43-21-5-1-6-22-43)44-23-7-2-8-24-44)38-54(61-58(59)50-32-14-16-34-56(50)68-61)67(46-27-11-4-12-28-46)48-30-18-20-42(36-48)40-65/h1-23,25-38,44H,24H2. The first kappa shape index (κ1) is 40.0. The summed E-state index contributed by atoms with van der Waals surface area (Å²) in [5.74, 6) is -0.0535. The summed E-state index contributed by atoms with van der Waals surface area (Å²) in [5.41, 5.74) is 14.2. The van der Waals surface area contributed by atoms with Crippen molar-refractivity contribution < 1.29 is 8.83 Å². The smallest absolute Gasteiger partial charge is 0.160 e. The van der Waals surface area contributed by atoms with Gasteiger partial charge in [0.1, 0.15) is 16.7 Å². The first-order chi connectivity index (χ1) is 34.1. The van der Waals surface area contributed by atoms with Crippen LogP contribution in [0.3, 0.4) is 0 Å². The molecule has 0 saturated heterocycles. The number of hydrogen-bond acceptors (Lipinski definition) is 6. The third-order valence-electron chi connectivity index (χ3n) is 14.1. The number of rotatable bonds is 8. The summed E-state index contributed by atoms with van der Waals surface area (Å²) >= 11 is 0. The third kappa shape index (κ3) is 6.03. The second kappa shape index (κ2) is 15.9. The van der Waals surface area contributed by atoms with Crippen LogP contribution in [0.1, 0.15) is 34.2 Å². The zero-order valence-electron chi connectivity index (χ0n) is 37.3. The topological polar surface area (TPSA) is 80.3 Å². The highest BCUT2D eigenvalue weighted by Gasteiger charge is 2.52. The second-order valence-electron chi connectivity index (χ2n) is 17.7. The SMILES string of the molecule is N#Cc1cccc(N(c2ccccc2)c2cc3c(c4c2oc2ccccc24)-c2c(cc(N(c4ccccc4)c4cccc(C#N)c4)c4c2oc2ccccc24)C3(c2ccccc2)C2C=CC=CC2)c1. The molecule has 0 bridgehead atoms. The third-order valence-corrected chi connectivity index (χ3v) is 14.1. The molecular weight excluding hydrogens is 845 g/mol. The Hall–Kier alpha value is -9.36. The lowest BCUT2D eigenvalue weighted by Gasteiger charge is -2.40. The van der Waals surface area contributed by atoms with Crippen LogP contribution in [0.2, 0.25) is 0 Å². The number of hydrogen-bond donors (Lipinski definition) is 0. The highest BCUT2D eigenvalue weighted by molar-refractivity contribution is 6.25. The molecular formula is C63H40N4O2. The molecule has 2 aromatic heterocycles. The molecule has 0 N–H and O–H groups in total. The highest BCUT2D eigenvalue weighted by Crippen LogP contribution is 2.65. The van der Waals surface area contributed by atoms with Gasteiger partial charge in [-0.15, -0.1) is 0 Å². The van der Waals surface area contributed by atoms with Gasteiger partial charge in [-0.3, -0.25) is 0 Å². The molecule has 2 aliphatic rings. The van der Waals surface area contributed by atoms with Gasteiger partial charge in [0.05, 0.1) is 45.4 Å². The van der Waals surface area contributed by atoms with E-state index in [9.17, 15) is 10.5 Å². The molecule has 2 unspecified atom stereocenters. The van der Waals surface area contributed by atoms with E-state index in [1.165, 1.54) is 0 Å². The first-order valence-corrected chi connectivity index (χ1v) is 23.2. The zero-order chi connectivity index (χ0) is 46.1. The molecule has 69 heavy (non-hydrogen) atoms. The number of nitriles is 2. The van der Waals surface area contributed by atoms with Gasteiger partial charge >= 0.3 is 0 Å². The Labute approximate surface area is 398 Å². The minimum Gasteiger partial charge on any atom is -0.455 e. The van der Waals surface area contributed by atoms with Crippen LogP contribution in [-0.2, 0) is 5.41 Å². The molecule has 0 aliphatic heterocycles. The fraction of sp³-hybridized carbons (Fsp3) is 0.0476. The van der Waals surface area contributed by atoms with Crippen LogP contribution < -0.4 is 9.80 Å². The van der Waals surface area contributed by atoms with Crippen molar-refractivity contribution in [3.05, 3.63) is 252 Å². The fourth-order valence-corrected chi connectivity index (χ4v) is 11.3. The lowest BCUT2D eigenvalue weighted by Crippen LogP contribution is -2.36. The summed E-state index contributed by atoms with van der Waals surface area (Å²) in [6.45, 7) is 0. The predicted octanol–water partition coefficient (Wildman–Crippen LogP) is 16.6. The molecule has 0 saturated carbocycles. The Morgan fingerprint density at radius 2 is 0.971 bits per heavy atom. The summed E-state index contributed by atoms with van der Waals surface area (Å²) in [5, 5.41) is 24.5. The van der Waals surface area contributed by atoms with Gasteiger partial charge in [-0.25, -0.2) is 0 Å². The van der Waals surface area contributed by atoms with Crippen molar-refractivity contribution in [2.24, 2.45) is 5.92 Å². The Morgan fingerprint density at radius 3 is 1.57 bits per heavy atom. The fourth-order valence-electron chi connectivity index (χ4n) is 11.3. The lowest BCUT2D eigenvalue weighted by atomic mass is 9.62. The molecule has 0 radical (unpaired) electrons. The average Bonchev–Trinajstić information content (AvgIpc) is 4.09. The van der Waals surface area contributed by atoms with Gasteiger partial charge < -0.3 is 18.6 Å². The van der Waals surface area contributed by atoms with Gasteiger partial charge in [0.15, 0.2) is 5.58 Å². The number of allylic oxidation sites excluding steroid dienone is 4. The highest BCUT2D eigenvalue weighted by atomic mass is 16.3.